The van der Waals surface area contributed by atoms with Crippen LogP contribution in [0.1, 0.15) is 35.7 Å². The van der Waals surface area contributed by atoms with E-state index in [2.05, 4.69) is 25.3 Å². The number of aliphatic imine (C=N–C) groups is 1. The molecule has 4 rings (SSSR count). The van der Waals surface area contributed by atoms with Gasteiger partial charge >= 0.3 is 0 Å². The molecule has 0 aliphatic heterocycles. The van der Waals surface area contributed by atoms with E-state index in [1.807, 2.05) is 5.48 Å². The molecule has 1 unspecified atom stereocenters. The van der Waals surface area contributed by atoms with Gasteiger partial charge in [-0.25, -0.2) is 14.2 Å². The van der Waals surface area contributed by atoms with Gasteiger partial charge in [-0.15, -0.1) is 0 Å². The molecule has 150 valence electrons. The first-order valence-electron chi connectivity index (χ1n) is 8.43. The molecule has 0 saturated heterocycles. The number of anilines is 1. The quantitative estimate of drug-likeness (QED) is 0.240. The van der Waals surface area contributed by atoms with Crippen LogP contribution in [0, 0.1) is 5.82 Å². The van der Waals surface area contributed by atoms with Crippen LogP contribution in [0.2, 0.25) is 0 Å². The maximum absolute atomic E-state index is 13.4. The summed E-state index contributed by atoms with van der Waals surface area (Å²) in [4.78, 5) is 4.36. The van der Waals surface area contributed by atoms with Gasteiger partial charge in [-0.1, -0.05) is 6.07 Å². The molecule has 1 saturated carbocycles. The molecule has 2 aromatic rings. The Kier molecular flexibility index (Phi) is 4.53. The molecule has 2 aliphatic rings. The molecule has 11 nitrogen and oxygen atoms in total. The van der Waals surface area contributed by atoms with Crippen LogP contribution in [0.25, 0.3) is 0 Å². The van der Waals surface area contributed by atoms with Gasteiger partial charge in [0.25, 0.3) is 10.2 Å². The second-order valence-electron chi connectivity index (χ2n) is 6.89. The summed E-state index contributed by atoms with van der Waals surface area (Å²) < 4.78 is 43.0. The van der Waals surface area contributed by atoms with E-state index in [1.54, 1.807) is 6.07 Å². The summed E-state index contributed by atoms with van der Waals surface area (Å²) in [6, 6.07) is 4.14. The van der Waals surface area contributed by atoms with Crippen molar-refractivity contribution in [1.29, 1.82) is 0 Å². The highest BCUT2D eigenvalue weighted by atomic mass is 32.2. The molecule has 2 aliphatic carbocycles. The third-order valence-corrected chi connectivity index (χ3v) is 5.51. The van der Waals surface area contributed by atoms with E-state index in [-0.39, 0.29) is 35.8 Å². The zero-order valence-corrected chi connectivity index (χ0v) is 15.3. The molecule has 0 spiro atoms. The summed E-state index contributed by atoms with van der Waals surface area (Å²) in [5.74, 6) is -0.200. The molecular formula is C15H18FN7O4S. The number of nitrogens with one attached hydrogen (secondary N) is 3. The van der Waals surface area contributed by atoms with Crippen LogP contribution >= 0.6 is 0 Å². The van der Waals surface area contributed by atoms with Crippen LogP contribution in [-0.4, -0.2) is 41.9 Å². The van der Waals surface area contributed by atoms with Gasteiger partial charge in [0.2, 0.25) is 5.82 Å². The average molecular weight is 411 g/mol. The Morgan fingerprint density at radius 1 is 1.43 bits per heavy atom. The van der Waals surface area contributed by atoms with Gasteiger partial charge in [-0.2, -0.15) is 13.1 Å². The predicted octanol–water partition coefficient (Wildman–Crippen LogP) is -0.0309. The zero-order chi connectivity index (χ0) is 19.9. The number of halogens is 1. The maximum Gasteiger partial charge on any atom is 0.274 e. The Balaban J connectivity index is 1.50. The number of aromatic nitrogens is 2. The Morgan fingerprint density at radius 2 is 2.21 bits per heavy atom. The second kappa shape index (κ2) is 6.77. The largest absolute Gasteiger partial charge is 0.363 e. The minimum absolute atomic E-state index is 0.00656. The SMILES string of the molecule is NS(=O)(=O)NC1(CNc2nonc2C(=NC2Cc3ccc(F)cc32)NO)CC1. The van der Waals surface area contributed by atoms with Crippen LogP contribution in [0.5, 0.6) is 0 Å². The fourth-order valence-corrected chi connectivity index (χ4v) is 4.02. The summed E-state index contributed by atoms with van der Waals surface area (Å²) in [7, 11) is -3.84. The number of hydroxylamine groups is 1. The van der Waals surface area contributed by atoms with E-state index >= 15 is 0 Å². The summed E-state index contributed by atoms with van der Waals surface area (Å²) in [6.07, 6.45) is 1.82. The van der Waals surface area contributed by atoms with Crippen LogP contribution in [0.15, 0.2) is 27.8 Å². The first-order valence-corrected chi connectivity index (χ1v) is 9.98. The van der Waals surface area contributed by atoms with Crippen LogP contribution in [-0.2, 0) is 16.6 Å². The third-order valence-electron chi connectivity index (χ3n) is 4.79. The molecular weight excluding hydrogens is 393 g/mol. The van der Waals surface area contributed by atoms with Crippen molar-refractivity contribution >= 4 is 21.9 Å². The van der Waals surface area contributed by atoms with Crippen LogP contribution in [0.3, 0.4) is 0 Å². The Bertz CT molecular complexity index is 1030. The number of nitrogens with two attached hydrogens (primary N) is 1. The van der Waals surface area contributed by atoms with Gasteiger partial charge in [0, 0.05) is 6.54 Å². The Hall–Kier alpha value is -2.61. The standard InChI is InChI=1S/C15H18FN7O4S/c16-9-2-1-8-5-11(10(8)6-9)19-14(20-24)12-13(22-27-21-12)18-7-15(3-4-15)23-28(17,25)26/h1-2,6,11,23-24H,3-5,7H2,(H,18,22)(H,19,20)(H2,17,25,26). The number of fused-ring (bicyclic) bond motifs is 1. The normalized spacial score (nSPS) is 20.2. The molecule has 0 bridgehead atoms. The molecule has 1 aromatic heterocycles. The molecule has 0 radical (unpaired) electrons. The summed E-state index contributed by atoms with van der Waals surface area (Å²) in [6.45, 7) is 0.195. The van der Waals surface area contributed by atoms with Crippen molar-refractivity contribution in [3.05, 3.63) is 40.8 Å². The number of benzene rings is 1. The highest BCUT2D eigenvalue weighted by Gasteiger charge is 2.45. The highest BCUT2D eigenvalue weighted by molar-refractivity contribution is 7.87. The van der Waals surface area contributed by atoms with Crippen molar-refractivity contribution < 1.29 is 22.6 Å². The predicted molar refractivity (Wildman–Crippen MR) is 95.3 cm³/mol. The molecule has 13 heteroatoms. The van der Waals surface area contributed by atoms with E-state index in [1.165, 1.54) is 12.1 Å². The minimum Gasteiger partial charge on any atom is -0.363 e. The number of nitrogens with zero attached hydrogens (tertiary/aromatic N) is 3. The van der Waals surface area contributed by atoms with Crippen LogP contribution in [0.4, 0.5) is 10.2 Å². The van der Waals surface area contributed by atoms with Crippen molar-refractivity contribution in [2.75, 3.05) is 11.9 Å². The molecule has 0 amide bonds. The van der Waals surface area contributed by atoms with E-state index in [0.29, 0.717) is 19.3 Å². The maximum atomic E-state index is 13.4. The summed E-state index contributed by atoms with van der Waals surface area (Å²) in [5.41, 5.74) is 3.09. The van der Waals surface area contributed by atoms with E-state index in [0.717, 1.165) is 11.1 Å². The van der Waals surface area contributed by atoms with Crippen LogP contribution < -0.4 is 20.7 Å². The molecule has 1 atom stereocenters. The topological polar surface area (TPSA) is 168 Å². The summed E-state index contributed by atoms with van der Waals surface area (Å²) >= 11 is 0. The molecule has 1 fully saturated rings. The van der Waals surface area contributed by atoms with E-state index < -0.39 is 15.7 Å². The number of hydrogen-bond acceptors (Lipinski definition) is 8. The van der Waals surface area contributed by atoms with Gasteiger partial charge in [-0.3, -0.25) is 15.7 Å². The molecule has 1 heterocycles. The fraction of sp³-hybridized carbons (Fsp3) is 0.400. The van der Waals surface area contributed by atoms with Gasteiger partial charge in [-0.05, 0) is 52.8 Å². The van der Waals surface area contributed by atoms with Crippen molar-refractivity contribution in [3.63, 3.8) is 0 Å². The fourth-order valence-electron chi connectivity index (χ4n) is 3.14. The lowest BCUT2D eigenvalue weighted by molar-refractivity contribution is 0.232. The van der Waals surface area contributed by atoms with Gasteiger partial charge in [0.05, 0.1) is 11.6 Å². The smallest absolute Gasteiger partial charge is 0.274 e. The Labute approximate surface area is 159 Å². The highest BCUT2D eigenvalue weighted by Crippen LogP contribution is 2.37. The van der Waals surface area contributed by atoms with Crippen molar-refractivity contribution in [2.45, 2.75) is 30.8 Å². The van der Waals surface area contributed by atoms with Crippen molar-refractivity contribution in [3.8, 4) is 0 Å². The lowest BCUT2D eigenvalue weighted by atomic mass is 9.83. The molecule has 1 aromatic carbocycles. The van der Waals surface area contributed by atoms with E-state index in [9.17, 15) is 18.0 Å². The van der Waals surface area contributed by atoms with Gasteiger partial charge in [0.1, 0.15) is 5.82 Å². The third kappa shape index (κ3) is 3.82. The van der Waals surface area contributed by atoms with Crippen molar-refractivity contribution in [1.82, 2.24) is 20.5 Å². The second-order valence-corrected chi connectivity index (χ2v) is 8.19. The monoisotopic (exact) mass is 411 g/mol. The van der Waals surface area contributed by atoms with E-state index in [4.69, 9.17) is 9.77 Å². The Morgan fingerprint density at radius 3 is 2.89 bits per heavy atom. The minimum atomic E-state index is -3.84. The first kappa shape index (κ1) is 18.7. The number of hydrogen-bond donors (Lipinski definition) is 5. The lowest BCUT2D eigenvalue weighted by Crippen LogP contribution is -2.45. The zero-order valence-electron chi connectivity index (χ0n) is 14.5. The summed E-state index contributed by atoms with van der Waals surface area (Å²) in [5, 5.41) is 24.9. The first-order chi connectivity index (χ1) is 13.3. The number of rotatable bonds is 7. The van der Waals surface area contributed by atoms with Gasteiger partial charge < -0.3 is 5.32 Å². The number of amidine groups is 1. The average Bonchev–Trinajstić information content (AvgIpc) is 3.19. The van der Waals surface area contributed by atoms with Crippen molar-refractivity contribution in [2.24, 2.45) is 10.1 Å². The lowest BCUT2D eigenvalue weighted by Gasteiger charge is -2.27. The van der Waals surface area contributed by atoms with Gasteiger partial charge in [0.15, 0.2) is 11.5 Å². The molecule has 6 N–H and O–H groups in total. The molecule has 28 heavy (non-hydrogen) atoms.